The summed E-state index contributed by atoms with van der Waals surface area (Å²) >= 11 is 0. The van der Waals surface area contributed by atoms with Gasteiger partial charge in [-0.1, -0.05) is 13.8 Å². The molecule has 5 nitrogen and oxygen atoms in total. The van der Waals surface area contributed by atoms with Gasteiger partial charge in [-0.3, -0.25) is 4.90 Å². The van der Waals surface area contributed by atoms with Gasteiger partial charge >= 0.3 is 0 Å². The maximum Gasteiger partial charge on any atom is 0.151 e. The van der Waals surface area contributed by atoms with Crippen molar-refractivity contribution in [1.82, 2.24) is 20.4 Å². The Kier molecular flexibility index (Phi) is 4.70. The lowest BCUT2D eigenvalue weighted by molar-refractivity contribution is 0.247. The van der Waals surface area contributed by atoms with Crippen LogP contribution in [0.3, 0.4) is 0 Å². The van der Waals surface area contributed by atoms with Crippen molar-refractivity contribution in [2.75, 3.05) is 37.6 Å². The largest absolute Gasteiger partial charge is 0.353 e. The third-order valence-electron chi connectivity index (χ3n) is 4.27. The molecule has 2 heterocycles. The molecule has 0 amide bonds. The van der Waals surface area contributed by atoms with Gasteiger partial charge in [0.05, 0.1) is 5.69 Å². The predicted octanol–water partition coefficient (Wildman–Crippen LogP) is 1.51. The highest BCUT2D eigenvalue weighted by atomic mass is 15.3. The van der Waals surface area contributed by atoms with E-state index in [2.05, 4.69) is 51.3 Å². The van der Waals surface area contributed by atoms with Crippen LogP contribution in [0.5, 0.6) is 0 Å². The number of aromatic nitrogens is 2. The molecule has 2 fully saturated rings. The third kappa shape index (κ3) is 4.14. The Labute approximate surface area is 127 Å². The zero-order valence-electron chi connectivity index (χ0n) is 13.3. The fraction of sp³-hybridized carbons (Fsp3) is 0.750. The normalized spacial score (nSPS) is 20.2. The van der Waals surface area contributed by atoms with Gasteiger partial charge in [0.2, 0.25) is 0 Å². The van der Waals surface area contributed by atoms with Gasteiger partial charge in [0.1, 0.15) is 0 Å². The number of nitrogens with one attached hydrogen (secondary N) is 1. The third-order valence-corrected chi connectivity index (χ3v) is 4.27. The SMILES string of the molecule is CC(C)CNCc1ccc(N2CCN(C3CC3)CC2)nn1. The van der Waals surface area contributed by atoms with Crippen LogP contribution in [0.25, 0.3) is 0 Å². The van der Waals surface area contributed by atoms with E-state index in [4.69, 9.17) is 0 Å². The first-order chi connectivity index (χ1) is 10.2. The van der Waals surface area contributed by atoms with E-state index in [0.29, 0.717) is 5.92 Å². The van der Waals surface area contributed by atoms with E-state index in [1.54, 1.807) is 0 Å². The quantitative estimate of drug-likeness (QED) is 0.860. The minimum atomic E-state index is 0.667. The Hall–Kier alpha value is -1.20. The molecule has 1 aliphatic carbocycles. The molecule has 21 heavy (non-hydrogen) atoms. The van der Waals surface area contributed by atoms with Crippen LogP contribution in [0.4, 0.5) is 5.82 Å². The molecule has 1 saturated heterocycles. The lowest BCUT2D eigenvalue weighted by atomic mass is 10.2. The van der Waals surface area contributed by atoms with Crippen molar-refractivity contribution in [2.24, 2.45) is 5.92 Å². The summed E-state index contributed by atoms with van der Waals surface area (Å²) in [5, 5.41) is 12.2. The Balaban J connectivity index is 1.47. The summed E-state index contributed by atoms with van der Waals surface area (Å²) in [7, 11) is 0. The summed E-state index contributed by atoms with van der Waals surface area (Å²) in [6.45, 7) is 10.7. The standard InChI is InChI=1S/C16H27N5/c1-13(2)11-17-12-14-3-6-16(19-18-14)21-9-7-20(8-10-21)15-4-5-15/h3,6,13,15,17H,4-5,7-12H2,1-2H3. The molecule has 0 unspecified atom stereocenters. The van der Waals surface area contributed by atoms with Crippen LogP contribution in [0.15, 0.2) is 12.1 Å². The highest BCUT2D eigenvalue weighted by molar-refractivity contribution is 5.38. The molecular formula is C16H27N5. The Bertz CT molecular complexity index is 432. The topological polar surface area (TPSA) is 44.3 Å². The first kappa shape index (κ1) is 14.7. The fourth-order valence-electron chi connectivity index (χ4n) is 2.86. The summed E-state index contributed by atoms with van der Waals surface area (Å²) in [4.78, 5) is 4.98. The highest BCUT2D eigenvalue weighted by Crippen LogP contribution is 2.28. The van der Waals surface area contributed by atoms with Gasteiger partial charge in [-0.05, 0) is 37.4 Å². The minimum Gasteiger partial charge on any atom is -0.353 e. The van der Waals surface area contributed by atoms with Gasteiger partial charge < -0.3 is 10.2 Å². The number of hydrogen-bond donors (Lipinski definition) is 1. The van der Waals surface area contributed by atoms with E-state index in [1.807, 2.05) is 0 Å². The number of hydrogen-bond acceptors (Lipinski definition) is 5. The molecular weight excluding hydrogens is 262 g/mol. The van der Waals surface area contributed by atoms with Crippen LogP contribution in [0, 0.1) is 5.92 Å². The number of nitrogens with zero attached hydrogens (tertiary/aromatic N) is 4. The summed E-state index contributed by atoms with van der Waals surface area (Å²) in [5.74, 6) is 1.69. The first-order valence-corrected chi connectivity index (χ1v) is 8.24. The number of anilines is 1. The van der Waals surface area contributed by atoms with Crippen LogP contribution in [-0.2, 0) is 6.54 Å². The van der Waals surface area contributed by atoms with E-state index in [-0.39, 0.29) is 0 Å². The van der Waals surface area contributed by atoms with Gasteiger partial charge in [0.15, 0.2) is 5.82 Å². The van der Waals surface area contributed by atoms with Crippen molar-refractivity contribution < 1.29 is 0 Å². The van der Waals surface area contributed by atoms with Crippen LogP contribution in [0.2, 0.25) is 0 Å². The molecule has 0 bridgehead atoms. The van der Waals surface area contributed by atoms with Crippen molar-refractivity contribution >= 4 is 5.82 Å². The molecule has 0 spiro atoms. The van der Waals surface area contributed by atoms with Crippen molar-refractivity contribution in [3.8, 4) is 0 Å². The minimum absolute atomic E-state index is 0.667. The lowest BCUT2D eigenvalue weighted by Crippen LogP contribution is -2.47. The van der Waals surface area contributed by atoms with Crippen LogP contribution in [-0.4, -0.2) is 53.9 Å². The first-order valence-electron chi connectivity index (χ1n) is 8.24. The van der Waals surface area contributed by atoms with Crippen LogP contribution < -0.4 is 10.2 Å². The van der Waals surface area contributed by atoms with E-state index >= 15 is 0 Å². The van der Waals surface area contributed by atoms with Crippen molar-refractivity contribution in [1.29, 1.82) is 0 Å². The molecule has 1 N–H and O–H groups in total. The zero-order valence-corrected chi connectivity index (χ0v) is 13.3. The van der Waals surface area contributed by atoms with Crippen molar-refractivity contribution in [2.45, 2.75) is 39.3 Å². The van der Waals surface area contributed by atoms with Gasteiger partial charge in [0.25, 0.3) is 0 Å². The zero-order chi connectivity index (χ0) is 14.7. The van der Waals surface area contributed by atoms with Gasteiger partial charge in [-0.25, -0.2) is 0 Å². The maximum absolute atomic E-state index is 4.40. The fourth-order valence-corrected chi connectivity index (χ4v) is 2.86. The average molecular weight is 289 g/mol. The Morgan fingerprint density at radius 3 is 2.48 bits per heavy atom. The van der Waals surface area contributed by atoms with E-state index < -0.39 is 0 Å². The average Bonchev–Trinajstić information content (AvgIpc) is 3.33. The van der Waals surface area contributed by atoms with Crippen molar-refractivity contribution in [3.63, 3.8) is 0 Å². The lowest BCUT2D eigenvalue weighted by Gasteiger charge is -2.35. The molecule has 0 aromatic carbocycles. The monoisotopic (exact) mass is 289 g/mol. The second-order valence-electron chi connectivity index (χ2n) is 6.66. The smallest absolute Gasteiger partial charge is 0.151 e. The van der Waals surface area contributed by atoms with Gasteiger partial charge in [0, 0.05) is 38.8 Å². The molecule has 116 valence electrons. The molecule has 2 aliphatic rings. The second-order valence-corrected chi connectivity index (χ2v) is 6.66. The maximum atomic E-state index is 4.40. The Morgan fingerprint density at radius 1 is 1.14 bits per heavy atom. The summed E-state index contributed by atoms with van der Waals surface area (Å²) < 4.78 is 0. The number of piperazine rings is 1. The number of rotatable bonds is 6. The molecule has 1 aliphatic heterocycles. The van der Waals surface area contributed by atoms with Crippen LogP contribution >= 0.6 is 0 Å². The van der Waals surface area contributed by atoms with E-state index in [1.165, 1.54) is 25.9 Å². The van der Waals surface area contributed by atoms with Crippen molar-refractivity contribution in [3.05, 3.63) is 17.8 Å². The van der Waals surface area contributed by atoms with Gasteiger partial charge in [-0.15, -0.1) is 5.10 Å². The molecule has 0 radical (unpaired) electrons. The van der Waals surface area contributed by atoms with Crippen LogP contribution in [0.1, 0.15) is 32.4 Å². The van der Waals surface area contributed by atoms with E-state index in [0.717, 1.165) is 43.7 Å². The Morgan fingerprint density at radius 2 is 1.90 bits per heavy atom. The molecule has 1 saturated carbocycles. The molecule has 1 aromatic rings. The van der Waals surface area contributed by atoms with Gasteiger partial charge in [-0.2, -0.15) is 5.10 Å². The summed E-state index contributed by atoms with van der Waals surface area (Å²) in [6, 6.07) is 5.10. The second kappa shape index (κ2) is 6.71. The molecule has 3 rings (SSSR count). The summed E-state index contributed by atoms with van der Waals surface area (Å²) in [5.41, 5.74) is 1.02. The molecule has 0 atom stereocenters. The van der Waals surface area contributed by atoms with E-state index in [9.17, 15) is 0 Å². The summed E-state index contributed by atoms with van der Waals surface area (Å²) in [6.07, 6.45) is 2.80. The molecule has 5 heteroatoms. The predicted molar refractivity (Wildman–Crippen MR) is 85.4 cm³/mol. The molecule has 1 aromatic heterocycles. The highest BCUT2D eigenvalue weighted by Gasteiger charge is 2.31.